The van der Waals surface area contributed by atoms with Crippen LogP contribution in [-0.2, 0) is 16.4 Å². The lowest BCUT2D eigenvalue weighted by molar-refractivity contribution is 0.413. The Bertz CT molecular complexity index is 1400. The van der Waals surface area contributed by atoms with Gasteiger partial charge >= 0.3 is 0 Å². The van der Waals surface area contributed by atoms with Crippen molar-refractivity contribution >= 4 is 32.3 Å². The number of hydrogen-bond acceptors (Lipinski definition) is 5. The number of ether oxygens (including phenoxy) is 1. The maximum atomic E-state index is 14.2. The van der Waals surface area contributed by atoms with Crippen molar-refractivity contribution in [2.24, 2.45) is 0 Å². The minimum atomic E-state index is -3.88. The normalized spacial score (nSPS) is 11.6. The van der Waals surface area contributed by atoms with Crippen LogP contribution < -0.4 is 10.1 Å². The van der Waals surface area contributed by atoms with E-state index < -0.39 is 16.0 Å². The van der Waals surface area contributed by atoms with Crippen LogP contribution in [0.3, 0.4) is 0 Å². The summed E-state index contributed by atoms with van der Waals surface area (Å²) in [4.78, 5) is 3.96. The van der Waals surface area contributed by atoms with E-state index in [-0.39, 0.29) is 10.6 Å². The fraction of sp³-hybridized carbons (Fsp3) is 0.208. The summed E-state index contributed by atoms with van der Waals surface area (Å²) >= 11 is 0. The number of halogens is 1. The second-order valence-electron chi connectivity index (χ2n) is 7.53. The topological polar surface area (TPSA) is 73.2 Å². The zero-order valence-electron chi connectivity index (χ0n) is 18.1. The number of rotatable bonds is 7. The van der Waals surface area contributed by atoms with Gasteiger partial charge in [0.15, 0.2) is 0 Å². The molecule has 0 bridgehead atoms. The summed E-state index contributed by atoms with van der Waals surface area (Å²) in [5.74, 6) is -0.155. The Hall–Kier alpha value is -3.39. The molecule has 0 spiro atoms. The zero-order chi connectivity index (χ0) is 22.9. The van der Waals surface area contributed by atoms with E-state index in [4.69, 9.17) is 4.74 Å². The van der Waals surface area contributed by atoms with E-state index in [2.05, 4.69) is 10.3 Å². The molecule has 0 saturated heterocycles. The number of benzene rings is 2. The SMILES string of the molecule is CCCc1cn(S(=O)(=O)c2cccc(OC)c2)c2cc(Nc3ccc(C)nc3F)ccc12. The highest BCUT2D eigenvalue weighted by Gasteiger charge is 2.22. The minimum Gasteiger partial charge on any atom is -0.497 e. The highest BCUT2D eigenvalue weighted by molar-refractivity contribution is 7.90. The van der Waals surface area contributed by atoms with Gasteiger partial charge in [-0.15, -0.1) is 0 Å². The van der Waals surface area contributed by atoms with Crippen LogP contribution in [0.2, 0.25) is 0 Å². The molecule has 8 heteroatoms. The van der Waals surface area contributed by atoms with Gasteiger partial charge in [-0.25, -0.2) is 17.4 Å². The smallest absolute Gasteiger partial charge is 0.268 e. The maximum absolute atomic E-state index is 14.2. The summed E-state index contributed by atoms with van der Waals surface area (Å²) in [6.45, 7) is 3.76. The van der Waals surface area contributed by atoms with Crippen molar-refractivity contribution in [1.29, 1.82) is 0 Å². The number of aryl methyl sites for hydroxylation is 2. The third kappa shape index (κ3) is 4.05. The van der Waals surface area contributed by atoms with E-state index in [1.165, 1.54) is 17.1 Å². The Balaban J connectivity index is 1.85. The monoisotopic (exact) mass is 453 g/mol. The maximum Gasteiger partial charge on any atom is 0.268 e. The number of hydrogen-bond donors (Lipinski definition) is 1. The van der Waals surface area contributed by atoms with Crippen molar-refractivity contribution in [2.75, 3.05) is 12.4 Å². The van der Waals surface area contributed by atoms with Crippen LogP contribution in [-0.4, -0.2) is 24.5 Å². The number of nitrogens with zero attached hydrogens (tertiary/aromatic N) is 2. The molecule has 0 unspecified atom stereocenters. The van der Waals surface area contributed by atoms with Crippen molar-refractivity contribution in [3.8, 4) is 5.75 Å². The molecule has 0 aliphatic rings. The molecule has 0 saturated carbocycles. The summed E-state index contributed by atoms with van der Waals surface area (Å²) in [6, 6.07) is 15.1. The highest BCUT2D eigenvalue weighted by Crippen LogP contribution is 2.31. The molecule has 2 aromatic heterocycles. The molecule has 1 N–H and O–H groups in total. The molecule has 4 aromatic rings. The molecule has 0 fully saturated rings. The molecule has 0 aliphatic carbocycles. The molecule has 0 atom stereocenters. The number of aromatic nitrogens is 2. The van der Waals surface area contributed by atoms with Crippen molar-refractivity contribution in [1.82, 2.24) is 8.96 Å². The molecule has 0 aliphatic heterocycles. The summed E-state index contributed by atoms with van der Waals surface area (Å²) in [5.41, 5.74) is 2.80. The number of methoxy groups -OCH3 is 1. The average molecular weight is 454 g/mol. The lowest BCUT2D eigenvalue weighted by Crippen LogP contribution is -2.12. The van der Waals surface area contributed by atoms with E-state index in [0.29, 0.717) is 22.6 Å². The molecule has 0 amide bonds. The summed E-state index contributed by atoms with van der Waals surface area (Å²) in [5, 5.41) is 3.84. The van der Waals surface area contributed by atoms with Gasteiger partial charge < -0.3 is 10.1 Å². The molecule has 6 nitrogen and oxygen atoms in total. The predicted octanol–water partition coefficient (Wildman–Crippen LogP) is 5.43. The van der Waals surface area contributed by atoms with E-state index in [0.717, 1.165) is 23.8 Å². The number of fused-ring (bicyclic) bond motifs is 1. The van der Waals surface area contributed by atoms with Crippen LogP contribution in [0.25, 0.3) is 10.9 Å². The first-order valence-corrected chi connectivity index (χ1v) is 11.7. The van der Waals surface area contributed by atoms with Crippen LogP contribution in [0.15, 0.2) is 65.7 Å². The second-order valence-corrected chi connectivity index (χ2v) is 9.35. The van der Waals surface area contributed by atoms with Crippen molar-refractivity contribution in [2.45, 2.75) is 31.6 Å². The summed E-state index contributed by atoms with van der Waals surface area (Å²) in [7, 11) is -2.38. The summed E-state index contributed by atoms with van der Waals surface area (Å²) in [6.07, 6.45) is 3.28. The molecule has 2 heterocycles. The van der Waals surface area contributed by atoms with Crippen LogP contribution in [0.1, 0.15) is 24.6 Å². The van der Waals surface area contributed by atoms with Gasteiger partial charge in [-0.3, -0.25) is 0 Å². The van der Waals surface area contributed by atoms with Gasteiger partial charge in [0, 0.05) is 29.0 Å². The number of nitrogens with one attached hydrogen (secondary N) is 1. The lowest BCUT2D eigenvalue weighted by atomic mass is 10.1. The van der Waals surface area contributed by atoms with E-state index in [9.17, 15) is 12.8 Å². The first kappa shape index (κ1) is 21.8. The molecule has 2 aromatic carbocycles. The van der Waals surface area contributed by atoms with Gasteiger partial charge in [0.2, 0.25) is 5.95 Å². The lowest BCUT2D eigenvalue weighted by Gasteiger charge is -2.11. The van der Waals surface area contributed by atoms with Gasteiger partial charge in [-0.05, 0) is 55.3 Å². The van der Waals surface area contributed by atoms with Crippen LogP contribution in [0.5, 0.6) is 5.75 Å². The largest absolute Gasteiger partial charge is 0.497 e. The molecule has 0 radical (unpaired) electrons. The molecule has 166 valence electrons. The number of anilines is 2. The fourth-order valence-electron chi connectivity index (χ4n) is 3.66. The van der Waals surface area contributed by atoms with Crippen LogP contribution >= 0.6 is 0 Å². The third-order valence-electron chi connectivity index (χ3n) is 5.24. The molecule has 4 rings (SSSR count). The van der Waals surface area contributed by atoms with Crippen LogP contribution in [0.4, 0.5) is 15.8 Å². The second kappa shape index (κ2) is 8.63. The van der Waals surface area contributed by atoms with E-state index in [1.807, 2.05) is 19.1 Å². The predicted molar refractivity (Wildman–Crippen MR) is 124 cm³/mol. The molecular weight excluding hydrogens is 429 g/mol. The average Bonchev–Trinajstić information content (AvgIpc) is 3.14. The Labute approximate surface area is 186 Å². The van der Waals surface area contributed by atoms with Gasteiger partial charge in [0.25, 0.3) is 10.0 Å². The van der Waals surface area contributed by atoms with Crippen LogP contribution in [0, 0.1) is 12.9 Å². The van der Waals surface area contributed by atoms with Crippen molar-refractivity contribution in [3.05, 3.63) is 78.0 Å². The Morgan fingerprint density at radius 1 is 1.12 bits per heavy atom. The van der Waals surface area contributed by atoms with Gasteiger partial charge in [-0.2, -0.15) is 4.39 Å². The van der Waals surface area contributed by atoms with Crippen molar-refractivity contribution in [3.63, 3.8) is 0 Å². The Morgan fingerprint density at radius 3 is 2.66 bits per heavy atom. The zero-order valence-corrected chi connectivity index (χ0v) is 18.9. The third-order valence-corrected chi connectivity index (χ3v) is 6.91. The summed E-state index contributed by atoms with van der Waals surface area (Å²) < 4.78 is 47.7. The van der Waals surface area contributed by atoms with Crippen molar-refractivity contribution < 1.29 is 17.5 Å². The molecular formula is C24H24FN3O3S. The van der Waals surface area contributed by atoms with Gasteiger partial charge in [0.1, 0.15) is 5.75 Å². The highest BCUT2D eigenvalue weighted by atomic mass is 32.2. The van der Waals surface area contributed by atoms with Gasteiger partial charge in [0.05, 0.1) is 23.2 Å². The Kier molecular flexibility index (Phi) is 5.88. The first-order valence-electron chi connectivity index (χ1n) is 10.3. The minimum absolute atomic E-state index is 0.129. The van der Waals surface area contributed by atoms with E-state index >= 15 is 0 Å². The Morgan fingerprint density at radius 2 is 1.94 bits per heavy atom. The van der Waals surface area contributed by atoms with E-state index in [1.54, 1.807) is 49.5 Å². The fourth-order valence-corrected chi connectivity index (χ4v) is 5.08. The quantitative estimate of drug-likeness (QED) is 0.378. The van der Waals surface area contributed by atoms with Gasteiger partial charge in [-0.1, -0.05) is 25.5 Å². The molecule has 32 heavy (non-hydrogen) atoms. The standard InChI is InChI=1S/C24H24FN3O3S/c1-4-6-17-15-28(32(29,30)20-8-5-7-19(14-20)31-3)23-13-18(10-11-21(17)23)27-22-12-9-16(2)26-24(22)25/h5,7-15,27H,4,6H2,1-3H3. The first-order chi connectivity index (χ1) is 15.3. The number of pyridine rings is 1.